The van der Waals surface area contributed by atoms with E-state index in [2.05, 4.69) is 5.10 Å². The van der Waals surface area contributed by atoms with Crippen LogP contribution in [0.25, 0.3) is 0 Å². The second-order valence-electron chi connectivity index (χ2n) is 4.19. The molecule has 0 spiro atoms. The SMILES string of the molecule is O=C(O)C1COCCN1C(=O)CCn1cc(Cl)cn1. The lowest BCUT2D eigenvalue weighted by atomic mass is 10.2. The summed E-state index contributed by atoms with van der Waals surface area (Å²) in [6.45, 7) is 1.07. The van der Waals surface area contributed by atoms with Crippen LogP contribution in [0.1, 0.15) is 6.42 Å². The van der Waals surface area contributed by atoms with Crippen LogP contribution >= 0.6 is 11.6 Å². The molecule has 1 fully saturated rings. The lowest BCUT2D eigenvalue weighted by molar-refractivity contribution is -0.158. The molecule has 1 unspecified atom stereocenters. The normalized spacial score (nSPS) is 19.4. The van der Waals surface area contributed by atoms with Crippen molar-refractivity contribution in [3.63, 3.8) is 0 Å². The van der Waals surface area contributed by atoms with Gasteiger partial charge in [0.1, 0.15) is 0 Å². The van der Waals surface area contributed by atoms with Crippen LogP contribution in [0.4, 0.5) is 0 Å². The van der Waals surface area contributed by atoms with Crippen molar-refractivity contribution in [3.05, 3.63) is 17.4 Å². The molecule has 1 aromatic rings. The maximum absolute atomic E-state index is 12.0. The molecule has 1 aromatic heterocycles. The van der Waals surface area contributed by atoms with Crippen LogP contribution in [0.2, 0.25) is 5.02 Å². The summed E-state index contributed by atoms with van der Waals surface area (Å²) in [6, 6.07) is -0.901. The van der Waals surface area contributed by atoms with Crippen molar-refractivity contribution in [1.82, 2.24) is 14.7 Å². The average Bonchev–Trinajstić information content (AvgIpc) is 2.81. The van der Waals surface area contributed by atoms with Gasteiger partial charge in [0.05, 0.1) is 24.4 Å². The number of rotatable bonds is 4. The van der Waals surface area contributed by atoms with Gasteiger partial charge in [-0.15, -0.1) is 0 Å². The van der Waals surface area contributed by atoms with E-state index in [0.29, 0.717) is 24.7 Å². The summed E-state index contributed by atoms with van der Waals surface area (Å²) in [7, 11) is 0. The molecule has 104 valence electrons. The monoisotopic (exact) mass is 287 g/mol. The van der Waals surface area contributed by atoms with E-state index in [4.69, 9.17) is 21.4 Å². The number of carboxylic acids is 1. The van der Waals surface area contributed by atoms with Gasteiger partial charge in [-0.05, 0) is 0 Å². The van der Waals surface area contributed by atoms with E-state index in [1.165, 1.54) is 11.1 Å². The number of aryl methyl sites for hydroxylation is 1. The summed E-state index contributed by atoms with van der Waals surface area (Å²) in [4.78, 5) is 24.4. The number of carboxylic acid groups (broad SMARTS) is 1. The van der Waals surface area contributed by atoms with Gasteiger partial charge in [0.25, 0.3) is 0 Å². The zero-order valence-corrected chi connectivity index (χ0v) is 10.9. The second-order valence-corrected chi connectivity index (χ2v) is 4.62. The minimum atomic E-state index is -1.05. The van der Waals surface area contributed by atoms with E-state index in [9.17, 15) is 9.59 Å². The van der Waals surface area contributed by atoms with Gasteiger partial charge in [-0.25, -0.2) is 4.79 Å². The van der Waals surface area contributed by atoms with E-state index in [0.717, 1.165) is 0 Å². The first kappa shape index (κ1) is 13.8. The van der Waals surface area contributed by atoms with E-state index in [1.54, 1.807) is 10.9 Å². The van der Waals surface area contributed by atoms with Crippen LogP contribution in [-0.4, -0.2) is 57.5 Å². The minimum Gasteiger partial charge on any atom is -0.480 e. The molecule has 0 radical (unpaired) electrons. The fraction of sp³-hybridized carbons (Fsp3) is 0.545. The smallest absolute Gasteiger partial charge is 0.328 e. The lowest BCUT2D eigenvalue weighted by Crippen LogP contribution is -2.52. The maximum Gasteiger partial charge on any atom is 0.328 e. The van der Waals surface area contributed by atoms with Crippen molar-refractivity contribution in [2.24, 2.45) is 0 Å². The van der Waals surface area contributed by atoms with Gasteiger partial charge in [-0.1, -0.05) is 11.6 Å². The third-order valence-corrected chi connectivity index (χ3v) is 3.09. The van der Waals surface area contributed by atoms with Gasteiger partial charge in [0.15, 0.2) is 6.04 Å². The van der Waals surface area contributed by atoms with E-state index in [1.807, 2.05) is 0 Å². The summed E-state index contributed by atoms with van der Waals surface area (Å²) in [6.07, 6.45) is 3.28. The molecule has 1 amide bonds. The topological polar surface area (TPSA) is 84.7 Å². The minimum absolute atomic E-state index is 0.0364. The van der Waals surface area contributed by atoms with Crippen molar-refractivity contribution in [2.45, 2.75) is 19.0 Å². The highest BCUT2D eigenvalue weighted by molar-refractivity contribution is 6.30. The van der Waals surface area contributed by atoms with Gasteiger partial charge in [0.2, 0.25) is 5.91 Å². The zero-order valence-electron chi connectivity index (χ0n) is 10.2. The molecule has 0 bridgehead atoms. The first-order valence-electron chi connectivity index (χ1n) is 5.86. The van der Waals surface area contributed by atoms with Crippen molar-refractivity contribution < 1.29 is 19.4 Å². The van der Waals surface area contributed by atoms with Gasteiger partial charge in [-0.2, -0.15) is 5.10 Å². The van der Waals surface area contributed by atoms with Gasteiger partial charge >= 0.3 is 5.97 Å². The highest BCUT2D eigenvalue weighted by Gasteiger charge is 2.32. The maximum atomic E-state index is 12.0. The van der Waals surface area contributed by atoms with E-state index < -0.39 is 12.0 Å². The van der Waals surface area contributed by atoms with Gasteiger partial charge in [0, 0.05) is 25.7 Å². The third-order valence-electron chi connectivity index (χ3n) is 2.89. The van der Waals surface area contributed by atoms with Crippen molar-refractivity contribution >= 4 is 23.5 Å². The number of hydrogen-bond acceptors (Lipinski definition) is 4. The number of aromatic nitrogens is 2. The van der Waals surface area contributed by atoms with Crippen LogP contribution in [0.3, 0.4) is 0 Å². The Bertz CT molecular complexity index is 476. The lowest BCUT2D eigenvalue weighted by Gasteiger charge is -2.32. The Morgan fingerprint density at radius 1 is 1.58 bits per heavy atom. The van der Waals surface area contributed by atoms with E-state index >= 15 is 0 Å². The number of morpholine rings is 1. The molecular formula is C11H14ClN3O4. The molecule has 8 heteroatoms. The molecule has 2 heterocycles. The predicted octanol–water partition coefficient (Wildman–Crippen LogP) is 0.239. The molecule has 1 aliphatic rings. The number of ether oxygens (including phenoxy) is 1. The van der Waals surface area contributed by atoms with Crippen LogP contribution in [0.5, 0.6) is 0 Å². The molecule has 1 saturated heterocycles. The van der Waals surface area contributed by atoms with Crippen LogP contribution < -0.4 is 0 Å². The molecule has 0 saturated carbocycles. The molecule has 19 heavy (non-hydrogen) atoms. The van der Waals surface area contributed by atoms with Crippen LogP contribution in [0, 0.1) is 0 Å². The number of nitrogens with zero attached hydrogens (tertiary/aromatic N) is 3. The highest BCUT2D eigenvalue weighted by atomic mass is 35.5. The Morgan fingerprint density at radius 2 is 2.37 bits per heavy atom. The van der Waals surface area contributed by atoms with E-state index in [-0.39, 0.29) is 18.9 Å². The van der Waals surface area contributed by atoms with Crippen LogP contribution in [0.15, 0.2) is 12.4 Å². The molecule has 1 aliphatic heterocycles. The molecule has 2 rings (SSSR count). The molecule has 7 nitrogen and oxygen atoms in total. The molecule has 0 aromatic carbocycles. The number of hydrogen-bond donors (Lipinski definition) is 1. The van der Waals surface area contributed by atoms with Crippen molar-refractivity contribution in [3.8, 4) is 0 Å². The third kappa shape index (κ3) is 3.45. The number of halogens is 1. The zero-order chi connectivity index (χ0) is 13.8. The molecular weight excluding hydrogens is 274 g/mol. The summed E-state index contributed by atoms with van der Waals surface area (Å²) in [5, 5.41) is 13.5. The highest BCUT2D eigenvalue weighted by Crippen LogP contribution is 2.10. The van der Waals surface area contributed by atoms with Crippen LogP contribution in [-0.2, 0) is 20.9 Å². The number of carbonyl (C=O) groups is 2. The summed E-state index contributed by atoms with van der Waals surface area (Å²) < 4.78 is 6.63. The Hall–Kier alpha value is -1.60. The standard InChI is InChI=1S/C11H14ClN3O4/c12-8-5-13-14(6-8)2-1-10(16)15-3-4-19-7-9(15)11(17)18/h5-6,9H,1-4,7H2,(H,17,18). The quantitative estimate of drug-likeness (QED) is 0.857. The van der Waals surface area contributed by atoms with Gasteiger partial charge < -0.3 is 14.7 Å². The second kappa shape index (κ2) is 6.03. The fourth-order valence-corrected chi connectivity index (χ4v) is 2.08. The predicted molar refractivity (Wildman–Crippen MR) is 65.8 cm³/mol. The molecule has 1 atom stereocenters. The Kier molecular flexibility index (Phi) is 4.39. The molecule has 0 aliphatic carbocycles. The summed E-state index contributed by atoms with van der Waals surface area (Å²) in [5.74, 6) is -1.27. The van der Waals surface area contributed by atoms with Gasteiger partial charge in [-0.3, -0.25) is 9.48 Å². The number of amides is 1. The number of aliphatic carboxylic acids is 1. The Balaban J connectivity index is 1.92. The summed E-state index contributed by atoms with van der Waals surface area (Å²) in [5.41, 5.74) is 0. The first-order valence-corrected chi connectivity index (χ1v) is 6.23. The largest absolute Gasteiger partial charge is 0.480 e. The average molecular weight is 288 g/mol. The summed E-state index contributed by atoms with van der Waals surface area (Å²) >= 11 is 5.72. The van der Waals surface area contributed by atoms with Crippen molar-refractivity contribution in [2.75, 3.05) is 19.8 Å². The Labute approximate surface area is 114 Å². The first-order chi connectivity index (χ1) is 9.08. The molecule has 1 N–H and O–H groups in total. The fourth-order valence-electron chi connectivity index (χ4n) is 1.92. The number of carbonyl (C=O) groups excluding carboxylic acids is 1. The Morgan fingerprint density at radius 3 is 3.00 bits per heavy atom. The van der Waals surface area contributed by atoms with Crippen molar-refractivity contribution in [1.29, 1.82) is 0 Å².